The molecule has 33 heavy (non-hydrogen) atoms. The standard InChI is InChI=1S/C24H22N4O3S2/c1-16-22(19-11-7-4-8-12-19)33-23(25-16)27(13-18-9-5-3-6-10-18)20(30)15-28-21(31)14-26(17(2)29)24(28)32/h3-12H,13-15H2,1-2H3. The lowest BCUT2D eigenvalue weighted by atomic mass is 10.2. The number of benzene rings is 2. The number of amides is 3. The number of rotatable bonds is 6. The Bertz CT molecular complexity index is 1210. The van der Waals surface area contributed by atoms with E-state index in [9.17, 15) is 14.4 Å². The van der Waals surface area contributed by atoms with Crippen molar-refractivity contribution in [1.82, 2.24) is 14.8 Å². The minimum absolute atomic E-state index is 0.0563. The molecule has 0 aliphatic carbocycles. The third-order valence-corrected chi connectivity index (χ3v) is 6.94. The first-order chi connectivity index (χ1) is 15.8. The lowest BCUT2D eigenvalue weighted by molar-refractivity contribution is -0.131. The Morgan fingerprint density at radius 2 is 1.73 bits per heavy atom. The number of aromatic nitrogens is 1. The molecular formula is C24H22N4O3S2. The molecule has 1 fully saturated rings. The number of carbonyl (C=O) groups excluding carboxylic acids is 3. The molecule has 0 radical (unpaired) electrons. The summed E-state index contributed by atoms with van der Waals surface area (Å²) in [6, 6.07) is 19.5. The Morgan fingerprint density at radius 3 is 2.33 bits per heavy atom. The second-order valence-corrected chi connectivity index (χ2v) is 8.95. The van der Waals surface area contributed by atoms with Crippen LogP contribution in [0.1, 0.15) is 18.2 Å². The predicted molar refractivity (Wildman–Crippen MR) is 132 cm³/mol. The van der Waals surface area contributed by atoms with E-state index in [0.717, 1.165) is 21.7 Å². The monoisotopic (exact) mass is 478 g/mol. The van der Waals surface area contributed by atoms with Crippen molar-refractivity contribution in [3.8, 4) is 10.4 Å². The highest BCUT2D eigenvalue weighted by atomic mass is 32.1. The molecule has 1 aromatic heterocycles. The maximum atomic E-state index is 13.5. The predicted octanol–water partition coefficient (Wildman–Crippen LogP) is 3.63. The molecule has 9 heteroatoms. The molecule has 0 saturated carbocycles. The van der Waals surface area contributed by atoms with Gasteiger partial charge in [-0.2, -0.15) is 0 Å². The summed E-state index contributed by atoms with van der Waals surface area (Å²) in [5, 5.41) is 0.599. The molecule has 4 rings (SSSR count). The quantitative estimate of drug-likeness (QED) is 0.506. The van der Waals surface area contributed by atoms with E-state index >= 15 is 0 Å². The number of aryl methyl sites for hydroxylation is 1. The maximum absolute atomic E-state index is 13.5. The van der Waals surface area contributed by atoms with Crippen molar-refractivity contribution in [2.45, 2.75) is 20.4 Å². The van der Waals surface area contributed by atoms with Crippen LogP contribution in [0.3, 0.4) is 0 Å². The number of anilines is 1. The van der Waals surface area contributed by atoms with Gasteiger partial charge in [0.15, 0.2) is 10.2 Å². The highest BCUT2D eigenvalue weighted by molar-refractivity contribution is 7.80. The number of nitrogens with zero attached hydrogens (tertiary/aromatic N) is 4. The zero-order valence-electron chi connectivity index (χ0n) is 18.2. The van der Waals surface area contributed by atoms with Crippen LogP contribution in [-0.4, -0.2) is 50.7 Å². The van der Waals surface area contributed by atoms with Gasteiger partial charge in [-0.1, -0.05) is 72.0 Å². The van der Waals surface area contributed by atoms with Crippen molar-refractivity contribution in [3.63, 3.8) is 0 Å². The smallest absolute Gasteiger partial charge is 0.249 e. The third kappa shape index (κ3) is 4.84. The van der Waals surface area contributed by atoms with E-state index in [1.165, 1.54) is 28.1 Å². The molecule has 2 aromatic carbocycles. The first-order valence-corrected chi connectivity index (χ1v) is 11.6. The van der Waals surface area contributed by atoms with E-state index in [-0.39, 0.29) is 35.9 Å². The van der Waals surface area contributed by atoms with Gasteiger partial charge in [-0.3, -0.25) is 29.1 Å². The molecule has 0 bridgehead atoms. The Labute approximate surface area is 201 Å². The second kappa shape index (κ2) is 9.60. The van der Waals surface area contributed by atoms with Crippen molar-refractivity contribution >= 4 is 51.5 Å². The molecule has 168 valence electrons. The van der Waals surface area contributed by atoms with Gasteiger partial charge in [-0.15, -0.1) is 0 Å². The Hall–Kier alpha value is -3.43. The molecule has 1 saturated heterocycles. The van der Waals surface area contributed by atoms with Crippen molar-refractivity contribution in [1.29, 1.82) is 0 Å². The zero-order valence-corrected chi connectivity index (χ0v) is 19.9. The van der Waals surface area contributed by atoms with Crippen molar-refractivity contribution in [2.75, 3.05) is 18.0 Å². The van der Waals surface area contributed by atoms with Crippen molar-refractivity contribution < 1.29 is 14.4 Å². The molecule has 1 aliphatic heterocycles. The molecule has 0 N–H and O–H groups in total. The van der Waals surface area contributed by atoms with Gasteiger partial charge >= 0.3 is 0 Å². The molecule has 3 aromatic rings. The Kier molecular flexibility index (Phi) is 6.62. The fourth-order valence-corrected chi connectivity index (χ4v) is 5.00. The van der Waals surface area contributed by atoms with E-state index < -0.39 is 0 Å². The van der Waals surface area contributed by atoms with Gasteiger partial charge in [0, 0.05) is 6.92 Å². The highest BCUT2D eigenvalue weighted by Crippen LogP contribution is 2.35. The Balaban J connectivity index is 1.65. The zero-order chi connectivity index (χ0) is 23.5. The topological polar surface area (TPSA) is 73.8 Å². The first-order valence-electron chi connectivity index (χ1n) is 10.3. The summed E-state index contributed by atoms with van der Waals surface area (Å²) < 4.78 is 0. The number of carbonyl (C=O) groups is 3. The van der Waals surface area contributed by atoms with Gasteiger partial charge in [0.25, 0.3) is 0 Å². The van der Waals surface area contributed by atoms with Crippen LogP contribution in [-0.2, 0) is 20.9 Å². The van der Waals surface area contributed by atoms with Crippen LogP contribution in [0.25, 0.3) is 10.4 Å². The molecule has 0 atom stereocenters. The van der Waals surface area contributed by atoms with E-state index in [2.05, 4.69) is 4.98 Å². The van der Waals surface area contributed by atoms with Crippen LogP contribution in [0.4, 0.5) is 5.13 Å². The average Bonchev–Trinajstić information content (AvgIpc) is 3.33. The van der Waals surface area contributed by atoms with Gasteiger partial charge < -0.3 is 0 Å². The van der Waals surface area contributed by atoms with Crippen LogP contribution in [0, 0.1) is 6.92 Å². The minimum atomic E-state index is -0.372. The number of thiazole rings is 1. The highest BCUT2D eigenvalue weighted by Gasteiger charge is 2.37. The summed E-state index contributed by atoms with van der Waals surface area (Å²) in [4.78, 5) is 47.3. The summed E-state index contributed by atoms with van der Waals surface area (Å²) in [7, 11) is 0. The molecule has 7 nitrogen and oxygen atoms in total. The maximum Gasteiger partial charge on any atom is 0.249 e. The third-order valence-electron chi connectivity index (χ3n) is 5.27. The van der Waals surface area contributed by atoms with Crippen molar-refractivity contribution in [3.05, 3.63) is 71.9 Å². The summed E-state index contributed by atoms with van der Waals surface area (Å²) >= 11 is 6.71. The average molecular weight is 479 g/mol. The SMILES string of the molecule is CC(=O)N1CC(=O)N(CC(=O)N(Cc2ccccc2)c2nc(C)c(-c3ccccc3)s2)C1=S. The van der Waals surface area contributed by atoms with Crippen LogP contribution in [0.5, 0.6) is 0 Å². The number of thiocarbonyl (C=S) groups is 1. The molecule has 1 aliphatic rings. The molecule has 0 unspecified atom stereocenters. The fraction of sp³-hybridized carbons (Fsp3) is 0.208. The van der Waals surface area contributed by atoms with Gasteiger partial charge in [0.2, 0.25) is 17.7 Å². The van der Waals surface area contributed by atoms with Gasteiger partial charge in [-0.25, -0.2) is 4.98 Å². The van der Waals surface area contributed by atoms with Gasteiger partial charge in [-0.05, 0) is 30.3 Å². The summed E-state index contributed by atoms with van der Waals surface area (Å²) in [6.45, 7) is 3.15. The molecule has 3 amide bonds. The summed E-state index contributed by atoms with van der Waals surface area (Å²) in [5.41, 5.74) is 2.78. The van der Waals surface area contributed by atoms with E-state index in [4.69, 9.17) is 12.2 Å². The van der Waals surface area contributed by atoms with Crippen molar-refractivity contribution in [2.24, 2.45) is 0 Å². The lowest BCUT2D eigenvalue weighted by Gasteiger charge is -2.24. The van der Waals surface area contributed by atoms with Gasteiger partial charge in [0.05, 0.1) is 17.1 Å². The largest absolute Gasteiger partial charge is 0.282 e. The number of hydrogen-bond acceptors (Lipinski definition) is 6. The molecule has 0 spiro atoms. The summed E-state index contributed by atoms with van der Waals surface area (Å²) in [6.07, 6.45) is 0. The summed E-state index contributed by atoms with van der Waals surface area (Å²) in [5.74, 6) is -1.02. The number of hydrogen-bond donors (Lipinski definition) is 0. The normalized spacial score (nSPS) is 13.5. The molecular weight excluding hydrogens is 456 g/mol. The first kappa shape index (κ1) is 22.8. The van der Waals surface area contributed by atoms with Crippen LogP contribution < -0.4 is 4.90 Å². The Morgan fingerprint density at radius 1 is 1.09 bits per heavy atom. The van der Waals surface area contributed by atoms with Gasteiger partial charge in [0.1, 0.15) is 13.1 Å². The van der Waals surface area contributed by atoms with Crippen LogP contribution >= 0.6 is 23.6 Å². The second-order valence-electron chi connectivity index (χ2n) is 7.61. The minimum Gasteiger partial charge on any atom is -0.282 e. The molecule has 2 heterocycles. The van der Waals surface area contributed by atoms with E-state index in [1.807, 2.05) is 67.6 Å². The van der Waals surface area contributed by atoms with Crippen LogP contribution in [0.15, 0.2) is 60.7 Å². The fourth-order valence-electron chi connectivity index (χ4n) is 3.55. The lowest BCUT2D eigenvalue weighted by Crippen LogP contribution is -2.43. The van der Waals surface area contributed by atoms with E-state index in [1.54, 1.807) is 4.90 Å². The van der Waals surface area contributed by atoms with Crippen LogP contribution in [0.2, 0.25) is 0 Å². The van der Waals surface area contributed by atoms with E-state index in [0.29, 0.717) is 11.7 Å².